The molecule has 9 nitrogen and oxygen atoms in total. The Kier molecular flexibility index (Phi) is 6.26. The number of amides is 4. The fraction of sp³-hybridized carbons (Fsp3) is 0.150. The minimum absolute atomic E-state index is 0.0261. The number of nitrogens with one attached hydrogen (secondary N) is 1. The number of carbonyl (C=O) groups is 3. The van der Waals surface area contributed by atoms with E-state index < -0.39 is 22.8 Å². The molecule has 154 valence electrons. The highest BCUT2D eigenvalue weighted by Gasteiger charge is 2.37. The van der Waals surface area contributed by atoms with Crippen molar-refractivity contribution in [2.75, 3.05) is 11.5 Å². The van der Waals surface area contributed by atoms with Gasteiger partial charge in [-0.3, -0.25) is 25.0 Å². The monoisotopic (exact) mass is 473 g/mol. The number of nitrogens with zero attached hydrogens (tertiary/aromatic N) is 2. The van der Waals surface area contributed by atoms with Crippen LogP contribution in [0.1, 0.15) is 18.9 Å². The highest BCUT2D eigenvalue weighted by Crippen LogP contribution is 2.29. The van der Waals surface area contributed by atoms with Gasteiger partial charge in [0, 0.05) is 22.2 Å². The molecular weight excluding hydrogens is 458 g/mol. The molecular formula is C20H16BrN3O6. The molecule has 2 aromatic rings. The van der Waals surface area contributed by atoms with Crippen molar-refractivity contribution in [3.05, 3.63) is 68.2 Å². The van der Waals surface area contributed by atoms with E-state index in [1.165, 1.54) is 24.3 Å². The molecule has 1 aliphatic rings. The van der Waals surface area contributed by atoms with Gasteiger partial charge in [-0.2, -0.15) is 0 Å². The van der Waals surface area contributed by atoms with Crippen molar-refractivity contribution in [2.45, 2.75) is 13.3 Å². The predicted molar refractivity (Wildman–Crippen MR) is 112 cm³/mol. The van der Waals surface area contributed by atoms with Crippen molar-refractivity contribution in [3.63, 3.8) is 0 Å². The summed E-state index contributed by atoms with van der Waals surface area (Å²) < 4.78 is 6.37. The number of urea groups is 1. The summed E-state index contributed by atoms with van der Waals surface area (Å²) in [5, 5.41) is 13.1. The van der Waals surface area contributed by atoms with Crippen LogP contribution in [0.25, 0.3) is 6.08 Å². The van der Waals surface area contributed by atoms with E-state index in [0.29, 0.717) is 27.3 Å². The van der Waals surface area contributed by atoms with Crippen molar-refractivity contribution in [3.8, 4) is 5.75 Å². The number of non-ortho nitro benzene ring substituents is 1. The number of benzene rings is 2. The van der Waals surface area contributed by atoms with Crippen LogP contribution in [0.4, 0.5) is 16.2 Å². The van der Waals surface area contributed by atoms with Gasteiger partial charge in [-0.25, -0.2) is 9.69 Å². The lowest BCUT2D eigenvalue weighted by atomic mass is 10.1. The molecule has 2 aromatic carbocycles. The number of rotatable bonds is 6. The van der Waals surface area contributed by atoms with Crippen LogP contribution in [0.5, 0.6) is 5.75 Å². The molecule has 0 unspecified atom stereocenters. The van der Waals surface area contributed by atoms with Crippen molar-refractivity contribution >= 4 is 51.2 Å². The van der Waals surface area contributed by atoms with E-state index >= 15 is 0 Å². The Hall–Kier alpha value is -3.53. The molecule has 3 rings (SSSR count). The standard InChI is InChI=1S/C20H16BrN3O6/c1-2-8-30-17-7-6-13(21)9-12(17)10-16-18(25)22-20(27)23(19(16)26)14-4-3-5-15(11-14)24(28)29/h3-7,9-11H,2,8H2,1H3,(H,22,25,27)/b16-10+. The first kappa shape index (κ1) is 21.2. The maximum Gasteiger partial charge on any atom is 0.335 e. The Morgan fingerprint density at radius 3 is 2.67 bits per heavy atom. The number of carbonyl (C=O) groups excluding carboxylic acids is 3. The zero-order valence-corrected chi connectivity index (χ0v) is 17.3. The van der Waals surface area contributed by atoms with Gasteiger partial charge in [0.05, 0.1) is 17.2 Å². The fourth-order valence-corrected chi connectivity index (χ4v) is 3.15. The second-order valence-corrected chi connectivity index (χ2v) is 7.18. The van der Waals surface area contributed by atoms with Crippen LogP contribution in [-0.2, 0) is 9.59 Å². The molecule has 4 amide bonds. The second kappa shape index (κ2) is 8.87. The van der Waals surface area contributed by atoms with Crippen LogP contribution in [0, 0.1) is 10.1 Å². The van der Waals surface area contributed by atoms with Crippen LogP contribution < -0.4 is 15.0 Å². The van der Waals surface area contributed by atoms with Gasteiger partial charge >= 0.3 is 6.03 Å². The van der Waals surface area contributed by atoms with Crippen molar-refractivity contribution in [1.82, 2.24) is 5.32 Å². The average molecular weight is 474 g/mol. The lowest BCUT2D eigenvalue weighted by molar-refractivity contribution is -0.384. The van der Waals surface area contributed by atoms with Gasteiger partial charge in [-0.05, 0) is 36.8 Å². The summed E-state index contributed by atoms with van der Waals surface area (Å²) in [4.78, 5) is 48.7. The third-order valence-electron chi connectivity index (χ3n) is 4.13. The maximum absolute atomic E-state index is 13.0. The van der Waals surface area contributed by atoms with Gasteiger partial charge in [-0.1, -0.05) is 28.9 Å². The van der Waals surface area contributed by atoms with Crippen molar-refractivity contribution in [2.24, 2.45) is 0 Å². The highest BCUT2D eigenvalue weighted by molar-refractivity contribution is 9.10. The topological polar surface area (TPSA) is 119 Å². The SMILES string of the molecule is CCCOc1ccc(Br)cc1/C=C1\C(=O)NC(=O)N(c2cccc([N+](=O)[O-])c2)C1=O. The number of hydrogen-bond donors (Lipinski definition) is 1. The number of hydrogen-bond acceptors (Lipinski definition) is 6. The van der Waals surface area contributed by atoms with E-state index in [4.69, 9.17) is 4.74 Å². The Bertz CT molecular complexity index is 1080. The normalized spacial score (nSPS) is 15.3. The third-order valence-corrected chi connectivity index (χ3v) is 4.63. The summed E-state index contributed by atoms with van der Waals surface area (Å²) in [6.07, 6.45) is 2.09. The van der Waals surface area contributed by atoms with Gasteiger partial charge in [0.25, 0.3) is 17.5 Å². The van der Waals surface area contributed by atoms with Crippen LogP contribution >= 0.6 is 15.9 Å². The quantitative estimate of drug-likeness (QED) is 0.294. The maximum atomic E-state index is 13.0. The summed E-state index contributed by atoms with van der Waals surface area (Å²) in [6, 6.07) is 9.17. The molecule has 0 aromatic heterocycles. The number of barbiturate groups is 1. The fourth-order valence-electron chi connectivity index (χ4n) is 2.77. The van der Waals surface area contributed by atoms with Crippen LogP contribution in [-0.4, -0.2) is 29.4 Å². The third kappa shape index (κ3) is 4.38. The molecule has 0 radical (unpaired) electrons. The molecule has 1 N–H and O–H groups in total. The Balaban J connectivity index is 2.04. The van der Waals surface area contributed by atoms with Gasteiger partial charge in [0.15, 0.2) is 0 Å². The Morgan fingerprint density at radius 1 is 1.20 bits per heavy atom. The van der Waals surface area contributed by atoms with Crippen molar-refractivity contribution in [1.29, 1.82) is 0 Å². The second-order valence-electron chi connectivity index (χ2n) is 6.27. The summed E-state index contributed by atoms with van der Waals surface area (Å²) in [6.45, 7) is 2.38. The zero-order chi connectivity index (χ0) is 21.8. The average Bonchev–Trinajstić information content (AvgIpc) is 2.70. The number of nitro benzene ring substituents is 1. The molecule has 0 saturated carbocycles. The molecule has 1 aliphatic heterocycles. The van der Waals surface area contributed by atoms with E-state index in [-0.39, 0.29) is 16.9 Å². The highest BCUT2D eigenvalue weighted by atomic mass is 79.9. The first-order valence-electron chi connectivity index (χ1n) is 8.90. The molecule has 0 spiro atoms. The molecule has 1 saturated heterocycles. The molecule has 0 atom stereocenters. The van der Waals surface area contributed by atoms with E-state index in [1.807, 2.05) is 6.92 Å². The largest absolute Gasteiger partial charge is 0.493 e. The first-order valence-corrected chi connectivity index (χ1v) is 9.69. The minimum atomic E-state index is -0.987. The Morgan fingerprint density at radius 2 is 1.97 bits per heavy atom. The van der Waals surface area contributed by atoms with E-state index in [2.05, 4.69) is 21.2 Å². The molecule has 0 bridgehead atoms. The minimum Gasteiger partial charge on any atom is -0.493 e. The molecule has 1 heterocycles. The zero-order valence-electron chi connectivity index (χ0n) is 15.8. The number of anilines is 1. The van der Waals surface area contributed by atoms with Gasteiger partial charge in [-0.15, -0.1) is 0 Å². The molecule has 10 heteroatoms. The molecule has 1 fully saturated rings. The van der Waals surface area contributed by atoms with E-state index in [9.17, 15) is 24.5 Å². The lowest BCUT2D eigenvalue weighted by Gasteiger charge is -2.26. The smallest absolute Gasteiger partial charge is 0.335 e. The lowest BCUT2D eigenvalue weighted by Crippen LogP contribution is -2.54. The number of ether oxygens (including phenoxy) is 1. The number of nitro groups is 1. The number of imide groups is 2. The Labute approximate surface area is 179 Å². The van der Waals surface area contributed by atoms with Crippen LogP contribution in [0.15, 0.2) is 52.5 Å². The summed E-state index contributed by atoms with van der Waals surface area (Å²) in [5.41, 5.74) is -0.162. The molecule has 30 heavy (non-hydrogen) atoms. The summed E-state index contributed by atoms with van der Waals surface area (Å²) in [7, 11) is 0. The van der Waals surface area contributed by atoms with E-state index in [1.54, 1.807) is 18.2 Å². The summed E-state index contributed by atoms with van der Waals surface area (Å²) >= 11 is 3.34. The number of halogens is 1. The van der Waals surface area contributed by atoms with Gasteiger partial charge in [0.2, 0.25) is 0 Å². The van der Waals surface area contributed by atoms with Crippen LogP contribution in [0.2, 0.25) is 0 Å². The van der Waals surface area contributed by atoms with E-state index in [0.717, 1.165) is 12.5 Å². The predicted octanol–water partition coefficient (Wildman–Crippen LogP) is 3.81. The van der Waals surface area contributed by atoms with Crippen molar-refractivity contribution < 1.29 is 24.0 Å². The molecule has 0 aliphatic carbocycles. The first-order chi connectivity index (χ1) is 14.3. The van der Waals surface area contributed by atoms with Gasteiger partial charge < -0.3 is 4.74 Å². The van der Waals surface area contributed by atoms with Crippen LogP contribution in [0.3, 0.4) is 0 Å². The summed E-state index contributed by atoms with van der Waals surface area (Å²) in [5.74, 6) is -1.30. The van der Waals surface area contributed by atoms with Gasteiger partial charge in [0.1, 0.15) is 11.3 Å².